The summed E-state index contributed by atoms with van der Waals surface area (Å²) in [5, 5.41) is 0. The molecule has 0 N–H and O–H groups in total. The first-order chi connectivity index (χ1) is 10.00. The molecule has 21 heavy (non-hydrogen) atoms. The van der Waals surface area contributed by atoms with Crippen LogP contribution in [-0.4, -0.2) is 31.1 Å². The number of fused-ring (bicyclic) bond motifs is 2. The number of hydrogen-bond donors (Lipinski definition) is 0. The Labute approximate surface area is 126 Å². The van der Waals surface area contributed by atoms with E-state index in [1.165, 1.54) is 6.42 Å². The van der Waals surface area contributed by atoms with Crippen LogP contribution in [0.3, 0.4) is 0 Å². The summed E-state index contributed by atoms with van der Waals surface area (Å²) < 4.78 is 17.9. The summed E-state index contributed by atoms with van der Waals surface area (Å²) >= 11 is 0. The van der Waals surface area contributed by atoms with Crippen molar-refractivity contribution in [3.8, 4) is 0 Å². The van der Waals surface area contributed by atoms with Crippen molar-refractivity contribution < 1.29 is 24.0 Å². The van der Waals surface area contributed by atoms with E-state index in [0.717, 1.165) is 19.3 Å². The molecule has 0 aromatic heterocycles. The minimum absolute atomic E-state index is 0.230. The first-order valence-electron chi connectivity index (χ1n) is 8.23. The molecule has 1 spiro atoms. The van der Waals surface area contributed by atoms with Crippen LogP contribution < -0.4 is 0 Å². The molecule has 0 amide bonds. The molecule has 1 saturated carbocycles. The van der Waals surface area contributed by atoms with E-state index in [0.29, 0.717) is 17.8 Å². The van der Waals surface area contributed by atoms with Crippen molar-refractivity contribution >= 4 is 0 Å². The molecule has 5 rings (SSSR count). The van der Waals surface area contributed by atoms with Gasteiger partial charge in [0.25, 0.3) is 0 Å². The van der Waals surface area contributed by atoms with Crippen LogP contribution >= 0.6 is 0 Å². The standard InChI is InChI=1S/C16H26O5/c1-9-5-6-12-10(2)13(17-4)18-14-16(12)11(9)7-8-15(3,19-14)20-21-16/h9-14H,5-8H2,1-4H3/t9-,10-,11+,12+,13+,14-,15+,16?/m1/s1. The predicted molar refractivity (Wildman–Crippen MR) is 73.8 cm³/mol. The normalized spacial score (nSPS) is 59.4. The zero-order chi connectivity index (χ0) is 14.8. The molecular weight excluding hydrogens is 272 g/mol. The van der Waals surface area contributed by atoms with E-state index < -0.39 is 17.7 Å². The van der Waals surface area contributed by atoms with Crippen LogP contribution in [0.4, 0.5) is 0 Å². The van der Waals surface area contributed by atoms with Crippen molar-refractivity contribution in [2.75, 3.05) is 7.11 Å². The van der Waals surface area contributed by atoms with Gasteiger partial charge in [0.2, 0.25) is 5.79 Å². The maximum Gasteiger partial charge on any atom is 0.201 e. The summed E-state index contributed by atoms with van der Waals surface area (Å²) in [5.41, 5.74) is -0.470. The summed E-state index contributed by atoms with van der Waals surface area (Å²) in [7, 11) is 1.70. The van der Waals surface area contributed by atoms with Crippen LogP contribution in [0, 0.1) is 23.7 Å². The fourth-order valence-electron chi connectivity index (χ4n) is 5.14. The van der Waals surface area contributed by atoms with E-state index in [4.69, 9.17) is 24.0 Å². The smallest absolute Gasteiger partial charge is 0.201 e. The van der Waals surface area contributed by atoms with E-state index in [-0.39, 0.29) is 12.2 Å². The van der Waals surface area contributed by atoms with Crippen LogP contribution in [0.2, 0.25) is 0 Å². The molecule has 5 fully saturated rings. The fraction of sp³-hybridized carbons (Fsp3) is 1.00. The second-order valence-electron chi connectivity index (χ2n) is 7.51. The Hall–Kier alpha value is -0.200. The van der Waals surface area contributed by atoms with Crippen molar-refractivity contribution in [2.45, 2.75) is 70.4 Å². The number of ether oxygens (including phenoxy) is 3. The summed E-state index contributed by atoms with van der Waals surface area (Å²) in [5.74, 6) is 0.953. The van der Waals surface area contributed by atoms with Gasteiger partial charge < -0.3 is 14.2 Å². The highest BCUT2D eigenvalue weighted by molar-refractivity contribution is 5.08. The molecule has 2 bridgehead atoms. The van der Waals surface area contributed by atoms with E-state index in [1.54, 1.807) is 7.11 Å². The zero-order valence-corrected chi connectivity index (χ0v) is 13.3. The lowest BCUT2D eigenvalue weighted by molar-refractivity contribution is -0.577. The molecule has 0 aromatic rings. The highest BCUT2D eigenvalue weighted by Crippen LogP contribution is 2.60. The topological polar surface area (TPSA) is 46.2 Å². The highest BCUT2D eigenvalue weighted by Gasteiger charge is 2.69. The Kier molecular flexibility index (Phi) is 3.19. The minimum Gasteiger partial charge on any atom is -0.355 e. The van der Waals surface area contributed by atoms with Gasteiger partial charge in [-0.05, 0) is 38.0 Å². The van der Waals surface area contributed by atoms with Gasteiger partial charge in [0.15, 0.2) is 18.2 Å². The highest BCUT2D eigenvalue weighted by atomic mass is 17.3. The van der Waals surface area contributed by atoms with Gasteiger partial charge in [-0.1, -0.05) is 13.8 Å². The molecule has 0 aromatic carbocycles. The van der Waals surface area contributed by atoms with Crippen LogP contribution in [0.5, 0.6) is 0 Å². The van der Waals surface area contributed by atoms with Crippen molar-refractivity contribution in [3.63, 3.8) is 0 Å². The van der Waals surface area contributed by atoms with Crippen LogP contribution in [0.15, 0.2) is 0 Å². The molecule has 5 nitrogen and oxygen atoms in total. The Morgan fingerprint density at radius 3 is 2.62 bits per heavy atom. The molecule has 5 aliphatic rings. The average Bonchev–Trinajstić information content (AvgIpc) is 2.69. The van der Waals surface area contributed by atoms with E-state index in [1.807, 2.05) is 6.92 Å². The zero-order valence-electron chi connectivity index (χ0n) is 13.3. The van der Waals surface area contributed by atoms with Gasteiger partial charge in [0.1, 0.15) is 0 Å². The Balaban J connectivity index is 1.79. The maximum absolute atomic E-state index is 6.21. The van der Waals surface area contributed by atoms with E-state index in [9.17, 15) is 0 Å². The molecule has 8 atom stereocenters. The lowest BCUT2D eigenvalue weighted by Crippen LogP contribution is -2.70. The lowest BCUT2D eigenvalue weighted by Gasteiger charge is -2.60. The summed E-state index contributed by atoms with van der Waals surface area (Å²) in [6.07, 6.45) is 3.64. The van der Waals surface area contributed by atoms with Gasteiger partial charge in [-0.15, -0.1) is 0 Å². The summed E-state index contributed by atoms with van der Waals surface area (Å²) in [4.78, 5) is 11.8. The third-order valence-electron chi connectivity index (χ3n) is 6.33. The third kappa shape index (κ3) is 1.81. The minimum atomic E-state index is -0.698. The number of methoxy groups -OCH3 is 1. The number of hydrogen-bond acceptors (Lipinski definition) is 5. The van der Waals surface area contributed by atoms with Crippen molar-refractivity contribution in [1.82, 2.24) is 0 Å². The largest absolute Gasteiger partial charge is 0.355 e. The van der Waals surface area contributed by atoms with Gasteiger partial charge >= 0.3 is 0 Å². The van der Waals surface area contributed by atoms with Crippen LogP contribution in [0.25, 0.3) is 0 Å². The average molecular weight is 298 g/mol. The predicted octanol–water partition coefficient (Wildman–Crippen LogP) is 2.84. The Morgan fingerprint density at radius 1 is 1.05 bits per heavy atom. The molecule has 0 radical (unpaired) electrons. The molecule has 5 heteroatoms. The third-order valence-corrected chi connectivity index (χ3v) is 6.33. The fourth-order valence-corrected chi connectivity index (χ4v) is 5.14. The maximum atomic E-state index is 6.21. The van der Waals surface area contributed by atoms with Crippen molar-refractivity contribution in [3.05, 3.63) is 0 Å². The van der Waals surface area contributed by atoms with Gasteiger partial charge in [0.05, 0.1) is 0 Å². The van der Waals surface area contributed by atoms with Gasteiger partial charge in [-0.2, -0.15) is 0 Å². The van der Waals surface area contributed by atoms with Crippen molar-refractivity contribution in [2.24, 2.45) is 23.7 Å². The molecule has 4 saturated heterocycles. The number of rotatable bonds is 1. The van der Waals surface area contributed by atoms with E-state index >= 15 is 0 Å². The summed E-state index contributed by atoms with van der Waals surface area (Å²) in [6.45, 7) is 6.46. The second-order valence-corrected chi connectivity index (χ2v) is 7.51. The van der Waals surface area contributed by atoms with E-state index in [2.05, 4.69) is 13.8 Å². The lowest BCUT2D eigenvalue weighted by atomic mass is 9.58. The molecule has 1 unspecified atom stereocenters. The second kappa shape index (κ2) is 4.65. The van der Waals surface area contributed by atoms with Gasteiger partial charge in [-0.25, -0.2) is 9.78 Å². The SMILES string of the molecule is CO[C@H]1O[C@@H]2O[C@]3(C)CC[C@H]4[C@H](C)CC[C@@H]([C@H]1C)C24OO3. The van der Waals surface area contributed by atoms with Crippen LogP contribution in [-0.2, 0) is 24.0 Å². The molecule has 120 valence electrons. The van der Waals surface area contributed by atoms with Gasteiger partial charge in [-0.3, -0.25) is 0 Å². The Bertz CT molecular complexity index is 429. The van der Waals surface area contributed by atoms with Crippen molar-refractivity contribution in [1.29, 1.82) is 0 Å². The monoisotopic (exact) mass is 298 g/mol. The quantitative estimate of drug-likeness (QED) is 0.697. The molecule has 1 aliphatic carbocycles. The Morgan fingerprint density at radius 2 is 1.86 bits per heavy atom. The van der Waals surface area contributed by atoms with Gasteiger partial charge in [0, 0.05) is 25.4 Å². The first kappa shape index (κ1) is 14.4. The molecule has 4 aliphatic heterocycles. The van der Waals surface area contributed by atoms with Crippen LogP contribution in [0.1, 0.15) is 46.5 Å². The summed E-state index contributed by atoms with van der Waals surface area (Å²) in [6, 6.07) is 0. The molecule has 4 heterocycles. The first-order valence-corrected chi connectivity index (χ1v) is 8.23. The molecular formula is C16H26O5.